The van der Waals surface area contributed by atoms with Crippen molar-refractivity contribution >= 4 is 5.91 Å². The third-order valence-electron chi connectivity index (χ3n) is 3.08. The maximum absolute atomic E-state index is 11.2. The Labute approximate surface area is 89.5 Å². The highest BCUT2D eigenvalue weighted by molar-refractivity contribution is 5.77. The largest absolute Gasteiger partial charge is 0.369 e. The average molecular weight is 207 g/mol. The van der Waals surface area contributed by atoms with Crippen LogP contribution in [0.1, 0.15) is 37.6 Å². The van der Waals surface area contributed by atoms with E-state index < -0.39 is 0 Å². The molecule has 0 aromatic carbocycles. The summed E-state index contributed by atoms with van der Waals surface area (Å²) in [6.07, 6.45) is 4.47. The summed E-state index contributed by atoms with van der Waals surface area (Å²) in [6, 6.07) is 0.348. The molecular formula is C11H17N3O. The van der Waals surface area contributed by atoms with Crippen molar-refractivity contribution in [2.45, 2.75) is 39.2 Å². The molecule has 2 rings (SSSR count). The van der Waals surface area contributed by atoms with Gasteiger partial charge >= 0.3 is 0 Å². The summed E-state index contributed by atoms with van der Waals surface area (Å²) in [6.45, 7) is 4.20. The van der Waals surface area contributed by atoms with Gasteiger partial charge in [0.05, 0.1) is 6.20 Å². The van der Waals surface area contributed by atoms with Crippen molar-refractivity contribution in [2.75, 3.05) is 0 Å². The van der Waals surface area contributed by atoms with Crippen LogP contribution in [0.25, 0.3) is 0 Å². The Morgan fingerprint density at radius 2 is 2.40 bits per heavy atom. The Kier molecular flexibility index (Phi) is 2.50. The quantitative estimate of drug-likeness (QED) is 0.788. The molecule has 0 saturated heterocycles. The summed E-state index contributed by atoms with van der Waals surface area (Å²) in [5.41, 5.74) is 7.82. The Morgan fingerprint density at radius 3 is 3.00 bits per heavy atom. The molecule has 1 heterocycles. The molecule has 2 N–H and O–H groups in total. The molecule has 0 spiro atoms. The van der Waals surface area contributed by atoms with Crippen LogP contribution < -0.4 is 5.73 Å². The summed E-state index contributed by atoms with van der Waals surface area (Å²) in [4.78, 5) is 11.2. The second-order valence-electron chi connectivity index (χ2n) is 4.50. The molecular weight excluding hydrogens is 190 g/mol. The normalized spacial score (nSPS) is 20.3. The summed E-state index contributed by atoms with van der Waals surface area (Å²) in [5.74, 6) is -0.191. The summed E-state index contributed by atoms with van der Waals surface area (Å²) in [5, 5.41) is 4.36. The van der Waals surface area contributed by atoms with Gasteiger partial charge in [-0.05, 0) is 32.3 Å². The van der Waals surface area contributed by atoms with Gasteiger partial charge in [-0.2, -0.15) is 5.10 Å². The number of hydrogen-bond acceptors (Lipinski definition) is 2. The molecule has 0 saturated carbocycles. The number of hydrogen-bond donors (Lipinski definition) is 1. The Balaban J connectivity index is 2.30. The lowest BCUT2D eigenvalue weighted by molar-refractivity contribution is -0.122. The SMILES string of the molecule is CC(C)n1ncc2c1C[C@H](C(N)=O)CC2. The van der Waals surface area contributed by atoms with Crippen LogP contribution in [-0.2, 0) is 17.6 Å². The minimum Gasteiger partial charge on any atom is -0.369 e. The molecule has 15 heavy (non-hydrogen) atoms. The molecule has 0 aliphatic heterocycles. The van der Waals surface area contributed by atoms with Gasteiger partial charge in [0.2, 0.25) is 5.91 Å². The third-order valence-corrected chi connectivity index (χ3v) is 3.08. The van der Waals surface area contributed by atoms with Crippen molar-refractivity contribution in [1.29, 1.82) is 0 Å². The topological polar surface area (TPSA) is 60.9 Å². The van der Waals surface area contributed by atoms with Gasteiger partial charge in [-0.25, -0.2) is 0 Å². The zero-order valence-electron chi connectivity index (χ0n) is 9.23. The molecule has 1 aromatic heterocycles. The number of aryl methyl sites for hydroxylation is 1. The van der Waals surface area contributed by atoms with Crippen molar-refractivity contribution < 1.29 is 4.79 Å². The molecule has 4 nitrogen and oxygen atoms in total. The third kappa shape index (κ3) is 1.76. The Morgan fingerprint density at radius 1 is 1.67 bits per heavy atom. The van der Waals surface area contributed by atoms with Gasteiger partial charge in [-0.15, -0.1) is 0 Å². The van der Waals surface area contributed by atoms with E-state index in [0.29, 0.717) is 6.04 Å². The van der Waals surface area contributed by atoms with E-state index in [1.165, 1.54) is 11.3 Å². The molecule has 4 heteroatoms. The maximum atomic E-state index is 11.2. The van der Waals surface area contributed by atoms with E-state index in [2.05, 4.69) is 18.9 Å². The lowest BCUT2D eigenvalue weighted by Crippen LogP contribution is -2.29. The average Bonchev–Trinajstić information content (AvgIpc) is 2.59. The Bertz CT molecular complexity index is 381. The van der Waals surface area contributed by atoms with Crippen LogP contribution in [0, 0.1) is 5.92 Å². The number of nitrogens with two attached hydrogens (primary N) is 1. The first-order valence-electron chi connectivity index (χ1n) is 5.44. The minimum absolute atomic E-state index is 0.00769. The number of fused-ring (bicyclic) bond motifs is 1. The summed E-state index contributed by atoms with van der Waals surface area (Å²) in [7, 11) is 0. The molecule has 1 aliphatic rings. The highest BCUT2D eigenvalue weighted by Gasteiger charge is 2.26. The van der Waals surface area contributed by atoms with E-state index in [1.807, 2.05) is 10.9 Å². The standard InChI is InChI=1S/C11H17N3O/c1-7(2)14-10-5-8(11(12)15)3-4-9(10)6-13-14/h6-8H,3-5H2,1-2H3,(H2,12,15)/t8-/m1/s1. The zero-order valence-corrected chi connectivity index (χ0v) is 9.23. The number of rotatable bonds is 2. The van der Waals surface area contributed by atoms with Gasteiger partial charge in [0.1, 0.15) is 0 Å². The number of amides is 1. The number of primary amides is 1. The van der Waals surface area contributed by atoms with E-state index in [9.17, 15) is 4.79 Å². The number of aromatic nitrogens is 2. The first-order chi connectivity index (χ1) is 7.09. The van der Waals surface area contributed by atoms with Crippen molar-refractivity contribution in [3.63, 3.8) is 0 Å². The van der Waals surface area contributed by atoms with Crippen LogP contribution in [0.2, 0.25) is 0 Å². The maximum Gasteiger partial charge on any atom is 0.220 e. The van der Waals surface area contributed by atoms with Crippen LogP contribution in [0.5, 0.6) is 0 Å². The van der Waals surface area contributed by atoms with Gasteiger partial charge in [0.15, 0.2) is 0 Å². The first kappa shape index (κ1) is 10.2. The first-order valence-corrected chi connectivity index (χ1v) is 5.44. The fourth-order valence-electron chi connectivity index (χ4n) is 2.21. The molecule has 0 fully saturated rings. The van der Waals surface area contributed by atoms with Crippen LogP contribution in [-0.4, -0.2) is 15.7 Å². The van der Waals surface area contributed by atoms with Gasteiger partial charge in [0, 0.05) is 24.1 Å². The molecule has 82 valence electrons. The fourth-order valence-corrected chi connectivity index (χ4v) is 2.21. The number of carbonyl (C=O) groups excluding carboxylic acids is 1. The van der Waals surface area contributed by atoms with Gasteiger partial charge < -0.3 is 5.73 Å². The second kappa shape index (κ2) is 3.68. The van der Waals surface area contributed by atoms with E-state index in [4.69, 9.17) is 5.73 Å². The summed E-state index contributed by atoms with van der Waals surface area (Å²) < 4.78 is 2.00. The van der Waals surface area contributed by atoms with Crippen molar-refractivity contribution in [2.24, 2.45) is 11.7 Å². The molecule has 1 aliphatic carbocycles. The van der Waals surface area contributed by atoms with E-state index in [0.717, 1.165) is 19.3 Å². The predicted molar refractivity (Wildman–Crippen MR) is 57.3 cm³/mol. The molecule has 1 aromatic rings. The Hall–Kier alpha value is -1.32. The van der Waals surface area contributed by atoms with Gasteiger partial charge in [-0.3, -0.25) is 9.48 Å². The lowest BCUT2D eigenvalue weighted by atomic mass is 9.87. The highest BCUT2D eigenvalue weighted by atomic mass is 16.1. The van der Waals surface area contributed by atoms with Crippen LogP contribution in [0.4, 0.5) is 0 Å². The van der Waals surface area contributed by atoms with Crippen molar-refractivity contribution in [3.8, 4) is 0 Å². The summed E-state index contributed by atoms with van der Waals surface area (Å²) >= 11 is 0. The van der Waals surface area contributed by atoms with Gasteiger partial charge in [-0.1, -0.05) is 0 Å². The second-order valence-corrected chi connectivity index (χ2v) is 4.50. The number of carbonyl (C=O) groups is 1. The lowest BCUT2D eigenvalue weighted by Gasteiger charge is -2.21. The fraction of sp³-hybridized carbons (Fsp3) is 0.636. The van der Waals surface area contributed by atoms with Gasteiger partial charge in [0.25, 0.3) is 0 Å². The monoisotopic (exact) mass is 207 g/mol. The van der Waals surface area contributed by atoms with Crippen LogP contribution >= 0.6 is 0 Å². The van der Waals surface area contributed by atoms with Crippen LogP contribution in [0.3, 0.4) is 0 Å². The molecule has 0 radical (unpaired) electrons. The zero-order chi connectivity index (χ0) is 11.0. The van der Waals surface area contributed by atoms with Crippen LogP contribution in [0.15, 0.2) is 6.20 Å². The molecule has 1 amide bonds. The molecule has 1 atom stereocenters. The van der Waals surface area contributed by atoms with Crippen molar-refractivity contribution in [1.82, 2.24) is 9.78 Å². The van der Waals surface area contributed by atoms with Crippen molar-refractivity contribution in [3.05, 3.63) is 17.5 Å². The van der Waals surface area contributed by atoms with E-state index in [-0.39, 0.29) is 11.8 Å². The highest BCUT2D eigenvalue weighted by Crippen LogP contribution is 2.26. The molecule has 0 bridgehead atoms. The van der Waals surface area contributed by atoms with E-state index in [1.54, 1.807) is 0 Å². The van der Waals surface area contributed by atoms with E-state index >= 15 is 0 Å². The molecule has 0 unspecified atom stereocenters. The number of nitrogens with zero attached hydrogens (tertiary/aromatic N) is 2. The minimum atomic E-state index is -0.183. The predicted octanol–water partition coefficient (Wildman–Crippen LogP) is 1.05. The smallest absolute Gasteiger partial charge is 0.220 e.